The van der Waals surface area contributed by atoms with Crippen LogP contribution in [-0.2, 0) is 4.79 Å². The third kappa shape index (κ3) is 4.76. The molecule has 2 aliphatic rings. The molecule has 0 spiro atoms. The molecule has 1 heterocycles. The van der Waals surface area contributed by atoms with Crippen molar-refractivity contribution in [3.8, 4) is 0 Å². The molecule has 4 nitrogen and oxygen atoms in total. The summed E-state index contributed by atoms with van der Waals surface area (Å²) < 4.78 is 0. The minimum absolute atomic E-state index is 0. The molecule has 1 saturated heterocycles. The minimum atomic E-state index is 0. The van der Waals surface area contributed by atoms with Gasteiger partial charge in [-0.05, 0) is 46.3 Å². The first kappa shape index (κ1) is 20.0. The van der Waals surface area contributed by atoms with Gasteiger partial charge in [0, 0.05) is 12.1 Å². The summed E-state index contributed by atoms with van der Waals surface area (Å²) in [7, 11) is 4.27. The van der Waals surface area contributed by atoms with E-state index >= 15 is 0 Å². The number of halogens is 2. The third-order valence-corrected chi connectivity index (χ3v) is 4.70. The second-order valence-corrected chi connectivity index (χ2v) is 6.05. The SMILES string of the molecule is CN(C)C1(CNC(=O)[C@H]2CCCCN2)CCCC1.Cl.Cl. The van der Waals surface area contributed by atoms with Crippen LogP contribution < -0.4 is 10.6 Å². The van der Waals surface area contributed by atoms with Crippen molar-refractivity contribution in [3.63, 3.8) is 0 Å². The first-order valence-corrected chi connectivity index (χ1v) is 7.33. The van der Waals surface area contributed by atoms with Gasteiger partial charge in [0.2, 0.25) is 5.91 Å². The summed E-state index contributed by atoms with van der Waals surface area (Å²) in [6.07, 6.45) is 8.35. The smallest absolute Gasteiger partial charge is 0.237 e. The Hall–Kier alpha value is -0.0300. The summed E-state index contributed by atoms with van der Waals surface area (Å²) in [6, 6.07) is 0.0411. The van der Waals surface area contributed by atoms with Crippen molar-refractivity contribution in [1.29, 1.82) is 0 Å². The van der Waals surface area contributed by atoms with E-state index in [-0.39, 0.29) is 42.3 Å². The standard InChI is InChI=1S/C14H27N3O.2ClH/c1-17(2)14(8-4-5-9-14)11-16-13(18)12-7-3-6-10-15-12;;/h12,15H,3-11H2,1-2H3,(H,16,18);2*1H/t12-;;/m1../s1. The van der Waals surface area contributed by atoms with E-state index in [0.29, 0.717) is 0 Å². The molecule has 6 heteroatoms. The van der Waals surface area contributed by atoms with E-state index in [0.717, 1.165) is 19.5 Å². The zero-order valence-electron chi connectivity index (χ0n) is 12.6. The second-order valence-electron chi connectivity index (χ2n) is 6.05. The van der Waals surface area contributed by atoms with Crippen LogP contribution in [0, 0.1) is 0 Å². The molecule has 0 aromatic rings. The lowest BCUT2D eigenvalue weighted by atomic mass is 9.95. The Morgan fingerprint density at radius 2 is 1.85 bits per heavy atom. The van der Waals surface area contributed by atoms with Crippen LogP contribution >= 0.6 is 24.8 Å². The number of rotatable bonds is 4. The summed E-state index contributed by atoms with van der Waals surface area (Å²) in [5.41, 5.74) is 0.199. The molecular weight excluding hydrogens is 297 g/mol. The van der Waals surface area contributed by atoms with Crippen LogP contribution in [0.25, 0.3) is 0 Å². The number of amides is 1. The zero-order valence-corrected chi connectivity index (χ0v) is 14.2. The van der Waals surface area contributed by atoms with Crippen molar-refractivity contribution >= 4 is 30.7 Å². The summed E-state index contributed by atoms with van der Waals surface area (Å²) in [6.45, 7) is 1.79. The van der Waals surface area contributed by atoms with Gasteiger partial charge in [0.25, 0.3) is 0 Å². The Morgan fingerprint density at radius 1 is 1.20 bits per heavy atom. The average Bonchev–Trinajstić information content (AvgIpc) is 2.87. The van der Waals surface area contributed by atoms with Crippen LogP contribution in [0.4, 0.5) is 0 Å². The highest BCUT2D eigenvalue weighted by molar-refractivity contribution is 5.85. The van der Waals surface area contributed by atoms with Gasteiger partial charge >= 0.3 is 0 Å². The van der Waals surface area contributed by atoms with Gasteiger partial charge in [-0.3, -0.25) is 4.79 Å². The fourth-order valence-corrected chi connectivity index (χ4v) is 3.27. The molecule has 1 aliphatic heterocycles. The van der Waals surface area contributed by atoms with Crippen LogP contribution in [0.5, 0.6) is 0 Å². The number of hydrogen-bond donors (Lipinski definition) is 2. The van der Waals surface area contributed by atoms with E-state index in [9.17, 15) is 4.79 Å². The fraction of sp³-hybridized carbons (Fsp3) is 0.929. The number of carbonyl (C=O) groups is 1. The topological polar surface area (TPSA) is 44.4 Å². The largest absolute Gasteiger partial charge is 0.353 e. The lowest BCUT2D eigenvalue weighted by Gasteiger charge is -2.37. The van der Waals surface area contributed by atoms with Crippen LogP contribution in [0.2, 0.25) is 0 Å². The van der Waals surface area contributed by atoms with E-state index in [1.165, 1.54) is 38.5 Å². The zero-order chi connectivity index (χ0) is 13.0. The molecule has 0 aromatic carbocycles. The number of hydrogen-bond acceptors (Lipinski definition) is 3. The molecule has 1 amide bonds. The van der Waals surface area contributed by atoms with Gasteiger partial charge in [0.1, 0.15) is 0 Å². The summed E-state index contributed by atoms with van der Waals surface area (Å²) in [4.78, 5) is 14.4. The minimum Gasteiger partial charge on any atom is -0.353 e. The molecule has 0 aromatic heterocycles. The number of piperidine rings is 1. The van der Waals surface area contributed by atoms with Gasteiger partial charge in [-0.1, -0.05) is 19.3 Å². The second kappa shape index (κ2) is 9.08. The van der Waals surface area contributed by atoms with Crippen LogP contribution in [0.15, 0.2) is 0 Å². The maximum absolute atomic E-state index is 12.1. The molecule has 0 radical (unpaired) electrons. The predicted octanol–water partition coefficient (Wildman–Crippen LogP) is 1.96. The highest BCUT2D eigenvalue weighted by atomic mass is 35.5. The van der Waals surface area contributed by atoms with E-state index < -0.39 is 0 Å². The van der Waals surface area contributed by atoms with E-state index in [2.05, 4.69) is 29.6 Å². The first-order valence-electron chi connectivity index (χ1n) is 7.33. The molecule has 2 rings (SSSR count). The van der Waals surface area contributed by atoms with Crippen molar-refractivity contribution in [2.45, 2.75) is 56.5 Å². The summed E-state index contributed by atoms with van der Waals surface area (Å²) in [5, 5.41) is 6.48. The van der Waals surface area contributed by atoms with Gasteiger partial charge < -0.3 is 15.5 Å². The van der Waals surface area contributed by atoms with Gasteiger partial charge in [-0.25, -0.2) is 0 Å². The van der Waals surface area contributed by atoms with Crippen LogP contribution in [0.3, 0.4) is 0 Å². The number of likely N-dealkylation sites (N-methyl/N-ethyl adjacent to an activating group) is 1. The molecule has 0 unspecified atom stereocenters. The van der Waals surface area contributed by atoms with Crippen LogP contribution in [0.1, 0.15) is 44.9 Å². The monoisotopic (exact) mass is 325 g/mol. The highest BCUT2D eigenvalue weighted by Crippen LogP contribution is 2.33. The van der Waals surface area contributed by atoms with Gasteiger partial charge in [0.15, 0.2) is 0 Å². The van der Waals surface area contributed by atoms with Crippen molar-refractivity contribution < 1.29 is 4.79 Å². The molecule has 0 bridgehead atoms. The molecule has 2 fully saturated rings. The third-order valence-electron chi connectivity index (χ3n) is 4.70. The Morgan fingerprint density at radius 3 is 2.35 bits per heavy atom. The number of nitrogens with one attached hydrogen (secondary N) is 2. The van der Waals surface area contributed by atoms with Gasteiger partial charge in [-0.15, -0.1) is 24.8 Å². The quantitative estimate of drug-likeness (QED) is 0.830. The Kier molecular flexibility index (Phi) is 9.07. The van der Waals surface area contributed by atoms with Crippen molar-refractivity contribution in [2.24, 2.45) is 0 Å². The van der Waals surface area contributed by atoms with Crippen molar-refractivity contribution in [3.05, 3.63) is 0 Å². The molecule has 1 atom stereocenters. The molecule has 120 valence electrons. The fourth-order valence-electron chi connectivity index (χ4n) is 3.27. The van der Waals surface area contributed by atoms with Crippen molar-refractivity contribution in [2.75, 3.05) is 27.2 Å². The van der Waals surface area contributed by atoms with Crippen LogP contribution in [-0.4, -0.2) is 49.6 Å². The highest BCUT2D eigenvalue weighted by Gasteiger charge is 2.36. The first-order chi connectivity index (χ1) is 8.64. The van der Waals surface area contributed by atoms with Crippen molar-refractivity contribution in [1.82, 2.24) is 15.5 Å². The maximum atomic E-state index is 12.1. The molecule has 1 aliphatic carbocycles. The number of nitrogens with zero attached hydrogens (tertiary/aromatic N) is 1. The van der Waals surface area contributed by atoms with E-state index in [1.54, 1.807) is 0 Å². The molecule has 2 N–H and O–H groups in total. The Balaban J connectivity index is 0.00000180. The molecular formula is C14H29Cl2N3O. The average molecular weight is 326 g/mol. The Labute approximate surface area is 135 Å². The van der Waals surface area contributed by atoms with Gasteiger partial charge in [-0.2, -0.15) is 0 Å². The predicted molar refractivity (Wildman–Crippen MR) is 88.0 cm³/mol. The van der Waals surface area contributed by atoms with E-state index in [1.807, 2.05) is 0 Å². The van der Waals surface area contributed by atoms with E-state index in [4.69, 9.17) is 0 Å². The lowest BCUT2D eigenvalue weighted by Crippen LogP contribution is -2.54. The number of carbonyl (C=O) groups excluding carboxylic acids is 1. The normalized spacial score (nSPS) is 24.6. The summed E-state index contributed by atoms with van der Waals surface area (Å²) >= 11 is 0. The molecule has 1 saturated carbocycles. The Bertz CT molecular complexity index is 288. The maximum Gasteiger partial charge on any atom is 0.237 e. The lowest BCUT2D eigenvalue weighted by molar-refractivity contribution is -0.124. The molecule has 20 heavy (non-hydrogen) atoms. The van der Waals surface area contributed by atoms with Gasteiger partial charge in [0.05, 0.1) is 6.04 Å². The summed E-state index contributed by atoms with van der Waals surface area (Å²) in [5.74, 6) is 0.197.